The van der Waals surface area contributed by atoms with E-state index in [1.807, 2.05) is 30.9 Å². The van der Waals surface area contributed by atoms with E-state index in [9.17, 15) is 18.0 Å². The molecule has 0 spiro atoms. The molecule has 1 unspecified atom stereocenters. The van der Waals surface area contributed by atoms with Crippen molar-refractivity contribution in [2.75, 3.05) is 11.4 Å². The number of aromatic nitrogens is 2. The molecular formula is C30H34F3N3O3. The van der Waals surface area contributed by atoms with Crippen molar-refractivity contribution in [3.05, 3.63) is 95.3 Å². The van der Waals surface area contributed by atoms with Gasteiger partial charge >= 0.3 is 12.1 Å². The molecule has 0 amide bonds. The lowest BCUT2D eigenvalue weighted by Gasteiger charge is -2.29. The smallest absolute Gasteiger partial charge is 0.416 e. The van der Waals surface area contributed by atoms with E-state index in [4.69, 9.17) is 9.84 Å². The third-order valence-electron chi connectivity index (χ3n) is 6.27. The molecule has 6 nitrogen and oxygen atoms in total. The van der Waals surface area contributed by atoms with Crippen molar-refractivity contribution in [2.45, 2.75) is 64.8 Å². The van der Waals surface area contributed by atoms with Gasteiger partial charge in [0.1, 0.15) is 11.9 Å². The molecule has 2 heterocycles. The minimum atomic E-state index is -4.38. The van der Waals surface area contributed by atoms with E-state index in [1.54, 1.807) is 24.5 Å². The minimum absolute atomic E-state index is 0.0622. The van der Waals surface area contributed by atoms with E-state index < -0.39 is 17.7 Å². The minimum Gasteiger partial charge on any atom is -0.490 e. The van der Waals surface area contributed by atoms with Gasteiger partial charge in [0.05, 0.1) is 12.0 Å². The third-order valence-corrected chi connectivity index (χ3v) is 6.27. The summed E-state index contributed by atoms with van der Waals surface area (Å²) < 4.78 is 45.1. The van der Waals surface area contributed by atoms with Crippen LogP contribution in [0.1, 0.15) is 54.5 Å². The van der Waals surface area contributed by atoms with Crippen molar-refractivity contribution in [1.29, 1.82) is 0 Å². The van der Waals surface area contributed by atoms with Gasteiger partial charge in [-0.15, -0.1) is 6.58 Å². The summed E-state index contributed by atoms with van der Waals surface area (Å²) in [6.45, 7) is 8.16. The van der Waals surface area contributed by atoms with Crippen LogP contribution in [0.2, 0.25) is 0 Å². The number of nitrogens with zero attached hydrogens (tertiary/aromatic N) is 3. The van der Waals surface area contributed by atoms with E-state index in [1.165, 1.54) is 12.1 Å². The lowest BCUT2D eigenvalue weighted by molar-refractivity contribution is -0.138. The Hall–Kier alpha value is -3.88. The van der Waals surface area contributed by atoms with E-state index in [2.05, 4.69) is 16.5 Å². The van der Waals surface area contributed by atoms with Gasteiger partial charge in [0.25, 0.3) is 0 Å². The molecule has 0 fully saturated rings. The second-order valence-corrected chi connectivity index (χ2v) is 9.35. The van der Waals surface area contributed by atoms with Crippen LogP contribution in [0.25, 0.3) is 0 Å². The molecule has 1 aromatic heterocycles. The van der Waals surface area contributed by atoms with Crippen molar-refractivity contribution in [3.63, 3.8) is 0 Å². The largest absolute Gasteiger partial charge is 0.490 e. The molecule has 4 rings (SSSR count). The fourth-order valence-corrected chi connectivity index (χ4v) is 4.22. The van der Waals surface area contributed by atoms with Gasteiger partial charge in [0, 0.05) is 31.9 Å². The number of aliphatic carboxylic acids is 1. The number of fused-ring (bicyclic) bond motifs is 1. The summed E-state index contributed by atoms with van der Waals surface area (Å²) >= 11 is 0. The van der Waals surface area contributed by atoms with Gasteiger partial charge in [-0.3, -0.25) is 4.79 Å². The Bertz CT molecular complexity index is 1230. The predicted octanol–water partition coefficient (Wildman–Crippen LogP) is 6.67. The number of hydrogen-bond acceptors (Lipinski definition) is 5. The summed E-state index contributed by atoms with van der Waals surface area (Å²) in [6, 6.07) is 10.7. The van der Waals surface area contributed by atoms with Gasteiger partial charge in [0.15, 0.2) is 0 Å². The fraction of sp³-hybridized carbons (Fsp3) is 0.367. The van der Waals surface area contributed by atoms with Crippen molar-refractivity contribution in [3.8, 4) is 5.75 Å². The van der Waals surface area contributed by atoms with Crippen LogP contribution in [0.5, 0.6) is 5.75 Å². The Labute approximate surface area is 227 Å². The molecule has 1 aliphatic heterocycles. The zero-order valence-electron chi connectivity index (χ0n) is 22.2. The molecule has 2 aromatic carbocycles. The van der Waals surface area contributed by atoms with Crippen molar-refractivity contribution in [2.24, 2.45) is 0 Å². The topological polar surface area (TPSA) is 75.6 Å². The van der Waals surface area contributed by atoms with Crippen LogP contribution in [0.3, 0.4) is 0 Å². The molecule has 1 aliphatic rings. The molecule has 1 N–H and O–H groups in total. The summed E-state index contributed by atoms with van der Waals surface area (Å²) in [5.74, 6) is 0.324. The SMILES string of the molecule is C=CC.CCc1cnc(N(CCC2CCc3ccc(CC(=O)O)cc3O2)Cc2ccc(C(F)(F)F)cc2)nc1. The van der Waals surface area contributed by atoms with Crippen LogP contribution in [0.15, 0.2) is 67.5 Å². The summed E-state index contributed by atoms with van der Waals surface area (Å²) in [7, 11) is 0. The van der Waals surface area contributed by atoms with E-state index in [-0.39, 0.29) is 12.5 Å². The number of carboxylic acids is 1. The molecule has 0 saturated heterocycles. The number of hydrogen-bond donors (Lipinski definition) is 1. The first-order valence-corrected chi connectivity index (χ1v) is 12.9. The molecule has 0 saturated carbocycles. The Balaban J connectivity index is 0.00000134. The second kappa shape index (κ2) is 13.8. The third kappa shape index (κ3) is 8.84. The monoisotopic (exact) mass is 541 g/mol. The van der Waals surface area contributed by atoms with E-state index in [0.29, 0.717) is 36.8 Å². The number of rotatable bonds is 9. The Morgan fingerprint density at radius 3 is 2.36 bits per heavy atom. The number of carboxylic acid groups (broad SMARTS) is 1. The fourth-order valence-electron chi connectivity index (χ4n) is 4.22. The summed E-state index contributed by atoms with van der Waals surface area (Å²) in [5.41, 5.74) is 2.78. The van der Waals surface area contributed by atoms with E-state index in [0.717, 1.165) is 48.1 Å². The first-order valence-electron chi connectivity index (χ1n) is 12.9. The summed E-state index contributed by atoms with van der Waals surface area (Å²) in [5, 5.41) is 9.07. The number of aryl methyl sites for hydroxylation is 2. The predicted molar refractivity (Wildman–Crippen MR) is 145 cm³/mol. The number of benzene rings is 2. The molecular weight excluding hydrogens is 507 g/mol. The molecule has 0 aliphatic carbocycles. The van der Waals surface area contributed by atoms with Gasteiger partial charge in [-0.25, -0.2) is 9.97 Å². The zero-order chi connectivity index (χ0) is 28.4. The number of alkyl halides is 3. The average molecular weight is 542 g/mol. The number of anilines is 1. The van der Waals surface area contributed by atoms with Gasteiger partial charge in [0.2, 0.25) is 5.95 Å². The highest BCUT2D eigenvalue weighted by Crippen LogP contribution is 2.31. The standard InChI is InChI=1S/C27H28F3N3O3.C3H6/c1-2-18-15-31-26(32-16-18)33(17-19-4-8-22(9-5-19)27(28,29)30)12-11-23-10-7-21-6-3-20(14-25(34)35)13-24(21)36-23;1-3-2/h3-6,8-9,13,15-16,23H,2,7,10-12,14,17H2,1H3,(H,34,35);3H,1H2,2H3. The quantitative estimate of drug-likeness (QED) is 0.305. The molecule has 3 aromatic rings. The van der Waals surface area contributed by atoms with Gasteiger partial charge in [-0.1, -0.05) is 37.3 Å². The molecule has 1 atom stereocenters. The first kappa shape index (κ1) is 29.7. The van der Waals surface area contributed by atoms with Crippen LogP contribution in [0.4, 0.5) is 19.1 Å². The number of carbonyl (C=O) groups is 1. The molecule has 208 valence electrons. The van der Waals surface area contributed by atoms with Crippen molar-refractivity contribution in [1.82, 2.24) is 9.97 Å². The normalized spacial score (nSPS) is 14.3. The lowest BCUT2D eigenvalue weighted by atomic mass is 9.98. The maximum absolute atomic E-state index is 13.0. The van der Waals surface area contributed by atoms with Crippen LogP contribution in [-0.4, -0.2) is 33.7 Å². The highest BCUT2D eigenvalue weighted by Gasteiger charge is 2.30. The van der Waals surface area contributed by atoms with Crippen LogP contribution in [-0.2, 0) is 36.8 Å². The summed E-state index contributed by atoms with van der Waals surface area (Å²) in [4.78, 5) is 22.0. The lowest BCUT2D eigenvalue weighted by Crippen LogP contribution is -2.32. The van der Waals surface area contributed by atoms with Gasteiger partial charge in [-0.2, -0.15) is 13.2 Å². The number of halogens is 3. The number of allylic oxidation sites excluding steroid dienone is 1. The van der Waals surface area contributed by atoms with Crippen molar-refractivity contribution >= 4 is 11.9 Å². The average Bonchev–Trinajstić information content (AvgIpc) is 2.91. The Kier molecular flexibility index (Phi) is 10.5. The van der Waals surface area contributed by atoms with Crippen molar-refractivity contribution < 1.29 is 27.8 Å². The molecule has 9 heteroatoms. The highest BCUT2D eigenvalue weighted by atomic mass is 19.4. The Morgan fingerprint density at radius 1 is 1.13 bits per heavy atom. The van der Waals surface area contributed by atoms with Gasteiger partial charge < -0.3 is 14.7 Å². The van der Waals surface area contributed by atoms with Crippen LogP contribution >= 0.6 is 0 Å². The van der Waals surface area contributed by atoms with Gasteiger partial charge in [-0.05, 0) is 66.6 Å². The van der Waals surface area contributed by atoms with Crippen LogP contribution in [0, 0.1) is 0 Å². The summed E-state index contributed by atoms with van der Waals surface area (Å²) in [6.07, 6.45) is 3.86. The highest BCUT2D eigenvalue weighted by molar-refractivity contribution is 5.70. The second-order valence-electron chi connectivity index (χ2n) is 9.35. The zero-order valence-corrected chi connectivity index (χ0v) is 22.2. The van der Waals surface area contributed by atoms with Crippen LogP contribution < -0.4 is 9.64 Å². The maximum Gasteiger partial charge on any atom is 0.416 e. The Morgan fingerprint density at radius 2 is 1.77 bits per heavy atom. The molecule has 0 radical (unpaired) electrons. The molecule has 0 bridgehead atoms. The molecule has 39 heavy (non-hydrogen) atoms. The maximum atomic E-state index is 13.0. The first-order chi connectivity index (χ1) is 18.6. The number of ether oxygens (including phenoxy) is 1. The van der Waals surface area contributed by atoms with E-state index >= 15 is 0 Å².